The van der Waals surface area contributed by atoms with Crippen molar-refractivity contribution in [1.29, 1.82) is 0 Å². The van der Waals surface area contributed by atoms with Crippen molar-refractivity contribution in [3.05, 3.63) is 28.6 Å². The molecule has 1 aromatic carbocycles. The van der Waals surface area contributed by atoms with Crippen LogP contribution in [0.5, 0.6) is 0 Å². The zero-order valence-electron chi connectivity index (χ0n) is 15.6. The van der Waals surface area contributed by atoms with Gasteiger partial charge in [-0.25, -0.2) is 13.2 Å². The van der Waals surface area contributed by atoms with E-state index in [-0.39, 0.29) is 24.9 Å². The van der Waals surface area contributed by atoms with Gasteiger partial charge < -0.3 is 10.2 Å². The highest BCUT2D eigenvalue weighted by Crippen LogP contribution is 2.42. The van der Waals surface area contributed by atoms with Crippen LogP contribution in [0.4, 0.5) is 18.9 Å². The Hall–Kier alpha value is -2.95. The van der Waals surface area contributed by atoms with Crippen LogP contribution in [0.15, 0.2) is 0 Å². The molecule has 158 valence electrons. The van der Waals surface area contributed by atoms with Gasteiger partial charge in [-0.1, -0.05) is 0 Å². The SMILES string of the molecule is O=C1CCC(N2C(=O)c3c(F)c(F)c(N4C5CCC4CNC5)c(F)c3C2=O)C(=O)N1. The highest BCUT2D eigenvalue weighted by molar-refractivity contribution is 6.24. The second-order valence-corrected chi connectivity index (χ2v) is 7.94. The number of imide groups is 2. The molecule has 3 unspecified atom stereocenters. The molecule has 0 aliphatic carbocycles. The summed E-state index contributed by atoms with van der Waals surface area (Å²) in [6.07, 6.45) is 1.00. The second-order valence-electron chi connectivity index (χ2n) is 7.94. The molecule has 11 heteroatoms. The zero-order valence-corrected chi connectivity index (χ0v) is 15.6. The number of carbonyl (C=O) groups is 4. The van der Waals surface area contributed by atoms with E-state index < -0.39 is 63.9 Å². The molecule has 2 bridgehead atoms. The average molecular weight is 422 g/mol. The highest BCUT2D eigenvalue weighted by atomic mass is 19.2. The Morgan fingerprint density at radius 3 is 2.00 bits per heavy atom. The molecule has 2 N–H and O–H groups in total. The topological polar surface area (TPSA) is 98.8 Å². The normalized spacial score (nSPS) is 28.3. The predicted molar refractivity (Wildman–Crippen MR) is 95.1 cm³/mol. The molecule has 30 heavy (non-hydrogen) atoms. The molecule has 5 rings (SSSR count). The number of benzene rings is 1. The van der Waals surface area contributed by atoms with E-state index in [4.69, 9.17) is 0 Å². The number of halogens is 3. The minimum Gasteiger partial charge on any atom is -0.358 e. The summed E-state index contributed by atoms with van der Waals surface area (Å²) in [7, 11) is 0. The van der Waals surface area contributed by atoms with Crippen LogP contribution in [-0.2, 0) is 9.59 Å². The maximum atomic E-state index is 15.5. The van der Waals surface area contributed by atoms with Gasteiger partial charge in [-0.15, -0.1) is 0 Å². The Bertz CT molecular complexity index is 1010. The molecule has 4 aliphatic heterocycles. The lowest BCUT2D eigenvalue weighted by Crippen LogP contribution is -2.54. The Kier molecular flexibility index (Phi) is 4.14. The second kappa shape index (κ2) is 6.53. The third-order valence-corrected chi connectivity index (χ3v) is 6.32. The smallest absolute Gasteiger partial charge is 0.265 e. The van der Waals surface area contributed by atoms with Crippen LogP contribution in [0.1, 0.15) is 46.4 Å². The molecule has 4 amide bonds. The van der Waals surface area contributed by atoms with E-state index in [2.05, 4.69) is 5.32 Å². The van der Waals surface area contributed by atoms with Crippen LogP contribution in [0.2, 0.25) is 0 Å². The first-order chi connectivity index (χ1) is 14.3. The van der Waals surface area contributed by atoms with Crippen molar-refractivity contribution in [3.63, 3.8) is 0 Å². The van der Waals surface area contributed by atoms with Crippen LogP contribution in [0.3, 0.4) is 0 Å². The lowest BCUT2D eigenvalue weighted by atomic mass is 10.0. The van der Waals surface area contributed by atoms with Crippen molar-refractivity contribution in [2.75, 3.05) is 18.0 Å². The summed E-state index contributed by atoms with van der Waals surface area (Å²) >= 11 is 0. The van der Waals surface area contributed by atoms with E-state index in [0.29, 0.717) is 30.8 Å². The number of carbonyl (C=O) groups excluding carboxylic acids is 4. The molecule has 3 fully saturated rings. The van der Waals surface area contributed by atoms with Gasteiger partial charge in [-0.05, 0) is 19.3 Å². The third kappa shape index (κ3) is 2.44. The van der Waals surface area contributed by atoms with Gasteiger partial charge in [0.05, 0.1) is 11.1 Å². The van der Waals surface area contributed by atoms with Crippen LogP contribution >= 0.6 is 0 Å². The summed E-state index contributed by atoms with van der Waals surface area (Å²) in [4.78, 5) is 51.0. The summed E-state index contributed by atoms with van der Waals surface area (Å²) < 4.78 is 45.4. The molecule has 4 heterocycles. The third-order valence-electron chi connectivity index (χ3n) is 6.32. The summed E-state index contributed by atoms with van der Waals surface area (Å²) in [5.41, 5.74) is -2.52. The van der Waals surface area contributed by atoms with Gasteiger partial charge in [0.25, 0.3) is 11.8 Å². The first-order valence-corrected chi connectivity index (χ1v) is 9.72. The number of anilines is 1. The Labute approximate surface area is 168 Å². The van der Waals surface area contributed by atoms with Crippen molar-refractivity contribution in [2.45, 2.75) is 43.8 Å². The Balaban J connectivity index is 1.61. The van der Waals surface area contributed by atoms with Gasteiger partial charge in [-0.3, -0.25) is 29.4 Å². The average Bonchev–Trinajstić information content (AvgIpc) is 3.09. The molecule has 4 aliphatic rings. The van der Waals surface area contributed by atoms with Gasteiger partial charge >= 0.3 is 0 Å². The number of hydrogen-bond donors (Lipinski definition) is 2. The summed E-state index contributed by atoms with van der Waals surface area (Å²) in [5.74, 6) is -8.39. The monoisotopic (exact) mass is 422 g/mol. The van der Waals surface area contributed by atoms with Gasteiger partial charge in [-0.2, -0.15) is 0 Å². The number of piperazine rings is 1. The fraction of sp³-hybridized carbons (Fsp3) is 0.474. The lowest BCUT2D eigenvalue weighted by molar-refractivity contribution is -0.136. The molecule has 0 spiro atoms. The van der Waals surface area contributed by atoms with Gasteiger partial charge in [0.1, 0.15) is 11.7 Å². The lowest BCUT2D eigenvalue weighted by Gasteiger charge is -2.37. The number of nitrogens with one attached hydrogen (secondary N) is 2. The van der Waals surface area contributed by atoms with E-state index in [1.54, 1.807) is 0 Å². The van der Waals surface area contributed by atoms with Crippen molar-refractivity contribution in [3.8, 4) is 0 Å². The van der Waals surface area contributed by atoms with Crippen LogP contribution in [0.25, 0.3) is 0 Å². The molecule has 0 aromatic heterocycles. The van der Waals surface area contributed by atoms with E-state index in [9.17, 15) is 28.0 Å². The van der Waals surface area contributed by atoms with Gasteiger partial charge in [0.2, 0.25) is 11.8 Å². The number of fused-ring (bicyclic) bond motifs is 3. The van der Waals surface area contributed by atoms with Crippen LogP contribution in [-0.4, -0.2) is 59.7 Å². The summed E-state index contributed by atoms with van der Waals surface area (Å²) in [5, 5.41) is 5.14. The summed E-state index contributed by atoms with van der Waals surface area (Å²) in [6.45, 7) is 0.923. The minimum absolute atomic E-state index is 0.140. The minimum atomic E-state index is -1.60. The zero-order chi connectivity index (χ0) is 21.3. The molecular weight excluding hydrogens is 405 g/mol. The van der Waals surface area contributed by atoms with E-state index in [0.717, 1.165) is 0 Å². The first-order valence-electron chi connectivity index (χ1n) is 9.72. The van der Waals surface area contributed by atoms with E-state index >= 15 is 4.39 Å². The molecule has 3 saturated heterocycles. The van der Waals surface area contributed by atoms with Crippen molar-refractivity contribution < 1.29 is 32.3 Å². The maximum absolute atomic E-state index is 15.5. The maximum Gasteiger partial charge on any atom is 0.265 e. The highest BCUT2D eigenvalue weighted by Gasteiger charge is 2.51. The fourth-order valence-corrected chi connectivity index (χ4v) is 4.96. The molecule has 0 radical (unpaired) electrons. The Morgan fingerprint density at radius 2 is 1.40 bits per heavy atom. The molecule has 0 saturated carbocycles. The van der Waals surface area contributed by atoms with E-state index in [1.165, 1.54) is 4.90 Å². The molecule has 8 nitrogen and oxygen atoms in total. The quantitative estimate of drug-likeness (QED) is 0.531. The fourth-order valence-electron chi connectivity index (χ4n) is 4.96. The molecule has 3 atom stereocenters. The van der Waals surface area contributed by atoms with Gasteiger partial charge in [0, 0.05) is 31.6 Å². The number of piperidine rings is 1. The standard InChI is InChI=1S/C19H17F3N4O4/c20-13-11-12(19(30)26(18(11)29)9-3-4-10(27)24-17(9)28)14(21)16(15(13)22)25-7-1-2-8(25)6-23-5-7/h7-9,23H,1-6H2,(H,24,27,28). The van der Waals surface area contributed by atoms with Gasteiger partial charge in [0.15, 0.2) is 17.5 Å². The number of hydrogen-bond acceptors (Lipinski definition) is 6. The number of amides is 4. The first kappa shape index (κ1) is 19.0. The predicted octanol–water partition coefficient (Wildman–Crippen LogP) is 0.446. The van der Waals surface area contributed by atoms with Crippen molar-refractivity contribution in [2.24, 2.45) is 0 Å². The van der Waals surface area contributed by atoms with E-state index in [1.807, 2.05) is 5.32 Å². The van der Waals surface area contributed by atoms with Crippen molar-refractivity contribution >= 4 is 29.3 Å². The molecule has 1 aromatic rings. The van der Waals surface area contributed by atoms with Crippen LogP contribution in [0, 0.1) is 17.5 Å². The number of rotatable bonds is 2. The van der Waals surface area contributed by atoms with Crippen molar-refractivity contribution in [1.82, 2.24) is 15.5 Å². The largest absolute Gasteiger partial charge is 0.358 e. The molecular formula is C19H17F3N4O4. The Morgan fingerprint density at radius 1 is 0.800 bits per heavy atom. The number of nitrogens with zero attached hydrogens (tertiary/aromatic N) is 2. The summed E-state index contributed by atoms with van der Waals surface area (Å²) in [6, 6.07) is -1.91. The van der Waals surface area contributed by atoms with Crippen LogP contribution < -0.4 is 15.5 Å².